The van der Waals surface area contributed by atoms with Crippen molar-refractivity contribution in [3.63, 3.8) is 0 Å². The summed E-state index contributed by atoms with van der Waals surface area (Å²) in [5.41, 5.74) is 0.907. The van der Waals surface area contributed by atoms with Crippen LogP contribution in [0.25, 0.3) is 0 Å². The Morgan fingerprint density at radius 1 is 1.44 bits per heavy atom. The molecule has 0 spiro atoms. The average molecular weight is 247 g/mol. The zero-order valence-electron chi connectivity index (χ0n) is 10.4. The number of hydrogen-bond acceptors (Lipinski definition) is 3. The Kier molecular flexibility index (Phi) is 4.10. The highest BCUT2D eigenvalue weighted by Gasteiger charge is 2.35. The molecular formula is C14H17NO3. The first-order valence-electron chi connectivity index (χ1n) is 6.09. The van der Waals surface area contributed by atoms with Crippen LogP contribution in [0, 0.1) is 5.92 Å². The van der Waals surface area contributed by atoms with Crippen molar-refractivity contribution in [3.05, 3.63) is 35.9 Å². The largest absolute Gasteiger partial charge is 0.384 e. The minimum Gasteiger partial charge on any atom is -0.384 e. The van der Waals surface area contributed by atoms with Crippen LogP contribution in [-0.4, -0.2) is 32.0 Å². The number of hydrogen-bond donors (Lipinski definition) is 1. The lowest BCUT2D eigenvalue weighted by Crippen LogP contribution is -2.31. The number of benzene rings is 1. The highest BCUT2D eigenvalue weighted by Crippen LogP contribution is 2.24. The van der Waals surface area contributed by atoms with Crippen molar-refractivity contribution in [2.45, 2.75) is 12.3 Å². The number of carbonyl (C=O) groups excluding carboxylic acids is 2. The molecule has 4 nitrogen and oxygen atoms in total. The number of ketones is 1. The van der Waals surface area contributed by atoms with Gasteiger partial charge in [-0.2, -0.15) is 0 Å². The third-order valence-corrected chi connectivity index (χ3v) is 3.27. The molecule has 1 saturated heterocycles. The third-order valence-electron chi connectivity index (χ3n) is 3.27. The molecule has 0 saturated carbocycles. The minimum atomic E-state index is -0.523. The first-order valence-corrected chi connectivity index (χ1v) is 6.09. The zero-order chi connectivity index (χ0) is 13.0. The van der Waals surface area contributed by atoms with E-state index in [0.717, 1.165) is 5.56 Å². The molecule has 2 rings (SSSR count). The SMILES string of the molecule is COCC(C(=O)C1CCNC1=O)c1ccccc1. The second kappa shape index (κ2) is 5.78. The van der Waals surface area contributed by atoms with Gasteiger partial charge in [0.2, 0.25) is 5.91 Å². The lowest BCUT2D eigenvalue weighted by molar-refractivity contribution is -0.133. The van der Waals surface area contributed by atoms with Gasteiger partial charge in [0, 0.05) is 13.7 Å². The average Bonchev–Trinajstić information content (AvgIpc) is 2.82. The summed E-state index contributed by atoms with van der Waals surface area (Å²) in [6, 6.07) is 9.48. The Hall–Kier alpha value is -1.68. The fraction of sp³-hybridized carbons (Fsp3) is 0.429. The maximum absolute atomic E-state index is 12.4. The van der Waals surface area contributed by atoms with Gasteiger partial charge in [-0.3, -0.25) is 9.59 Å². The normalized spacial score (nSPS) is 20.5. The topological polar surface area (TPSA) is 55.4 Å². The van der Waals surface area contributed by atoms with E-state index in [9.17, 15) is 9.59 Å². The van der Waals surface area contributed by atoms with Crippen molar-refractivity contribution < 1.29 is 14.3 Å². The van der Waals surface area contributed by atoms with E-state index in [0.29, 0.717) is 19.6 Å². The molecule has 0 radical (unpaired) electrons. The van der Waals surface area contributed by atoms with E-state index in [-0.39, 0.29) is 17.6 Å². The Bertz CT molecular complexity index is 430. The molecular weight excluding hydrogens is 230 g/mol. The molecule has 2 atom stereocenters. The molecule has 1 aliphatic heterocycles. The van der Waals surface area contributed by atoms with E-state index >= 15 is 0 Å². The molecule has 2 unspecified atom stereocenters. The standard InChI is InChI=1S/C14H17NO3/c1-18-9-12(10-5-3-2-4-6-10)13(16)11-7-8-15-14(11)17/h2-6,11-12H,7-9H2,1H3,(H,15,17). The summed E-state index contributed by atoms with van der Waals surface area (Å²) < 4.78 is 5.12. The van der Waals surface area contributed by atoms with E-state index in [1.165, 1.54) is 0 Å². The Balaban J connectivity index is 2.20. The van der Waals surface area contributed by atoms with Gasteiger partial charge in [0.1, 0.15) is 0 Å². The van der Waals surface area contributed by atoms with Crippen molar-refractivity contribution in [1.29, 1.82) is 0 Å². The van der Waals surface area contributed by atoms with Gasteiger partial charge in [-0.05, 0) is 12.0 Å². The molecule has 4 heteroatoms. The summed E-state index contributed by atoms with van der Waals surface area (Å²) in [4.78, 5) is 24.0. The molecule has 0 bridgehead atoms. The monoisotopic (exact) mass is 247 g/mol. The van der Waals surface area contributed by atoms with Crippen LogP contribution in [0.5, 0.6) is 0 Å². The van der Waals surface area contributed by atoms with Crippen LogP contribution < -0.4 is 5.32 Å². The van der Waals surface area contributed by atoms with Crippen LogP contribution in [0.4, 0.5) is 0 Å². The van der Waals surface area contributed by atoms with Crippen molar-refractivity contribution in [3.8, 4) is 0 Å². The maximum Gasteiger partial charge on any atom is 0.230 e. The predicted molar refractivity (Wildman–Crippen MR) is 67.2 cm³/mol. The zero-order valence-corrected chi connectivity index (χ0v) is 10.4. The number of carbonyl (C=O) groups is 2. The van der Waals surface area contributed by atoms with Gasteiger partial charge in [-0.25, -0.2) is 0 Å². The molecule has 1 amide bonds. The minimum absolute atomic E-state index is 0.0435. The molecule has 0 aliphatic carbocycles. The van der Waals surface area contributed by atoms with E-state index in [1.54, 1.807) is 7.11 Å². The quantitative estimate of drug-likeness (QED) is 0.793. The van der Waals surface area contributed by atoms with Crippen molar-refractivity contribution in [1.82, 2.24) is 5.32 Å². The summed E-state index contributed by atoms with van der Waals surface area (Å²) in [5.74, 6) is -1.08. The Morgan fingerprint density at radius 3 is 2.72 bits per heavy atom. The van der Waals surface area contributed by atoms with Gasteiger partial charge < -0.3 is 10.1 Å². The number of ether oxygens (including phenoxy) is 1. The second-order valence-corrected chi connectivity index (χ2v) is 4.45. The molecule has 1 aromatic rings. The van der Waals surface area contributed by atoms with Crippen LogP contribution >= 0.6 is 0 Å². The van der Waals surface area contributed by atoms with E-state index < -0.39 is 5.92 Å². The summed E-state index contributed by atoms with van der Waals surface area (Å²) in [7, 11) is 1.57. The van der Waals surface area contributed by atoms with E-state index in [1.807, 2.05) is 30.3 Å². The highest BCUT2D eigenvalue weighted by atomic mass is 16.5. The van der Waals surface area contributed by atoms with Crippen LogP contribution in [0.15, 0.2) is 30.3 Å². The maximum atomic E-state index is 12.4. The predicted octanol–water partition coefficient (Wildman–Crippen LogP) is 1.12. The number of rotatable bonds is 5. The highest BCUT2D eigenvalue weighted by molar-refractivity contribution is 6.05. The molecule has 1 fully saturated rings. The summed E-state index contributed by atoms with van der Waals surface area (Å²) >= 11 is 0. The van der Waals surface area contributed by atoms with Crippen LogP contribution in [-0.2, 0) is 14.3 Å². The fourth-order valence-electron chi connectivity index (χ4n) is 2.30. The van der Waals surface area contributed by atoms with Gasteiger partial charge in [0.05, 0.1) is 18.4 Å². The van der Waals surface area contributed by atoms with E-state index in [4.69, 9.17) is 4.74 Å². The molecule has 1 aromatic carbocycles. The van der Waals surface area contributed by atoms with Gasteiger partial charge in [-0.1, -0.05) is 30.3 Å². The molecule has 1 aliphatic rings. The van der Waals surface area contributed by atoms with Crippen molar-refractivity contribution in [2.75, 3.05) is 20.3 Å². The molecule has 1 heterocycles. The lowest BCUT2D eigenvalue weighted by Gasteiger charge is -2.17. The lowest BCUT2D eigenvalue weighted by atomic mass is 9.87. The first kappa shape index (κ1) is 12.8. The Labute approximate surface area is 106 Å². The summed E-state index contributed by atoms with van der Waals surface area (Å²) in [6.07, 6.45) is 0.588. The van der Waals surface area contributed by atoms with Crippen molar-refractivity contribution >= 4 is 11.7 Å². The van der Waals surface area contributed by atoms with Crippen LogP contribution in [0.1, 0.15) is 17.9 Å². The second-order valence-electron chi connectivity index (χ2n) is 4.45. The van der Waals surface area contributed by atoms with Crippen LogP contribution in [0.3, 0.4) is 0 Å². The fourth-order valence-corrected chi connectivity index (χ4v) is 2.30. The smallest absolute Gasteiger partial charge is 0.230 e. The third kappa shape index (κ3) is 2.59. The summed E-state index contributed by atoms with van der Waals surface area (Å²) in [5, 5.41) is 2.70. The first-order chi connectivity index (χ1) is 8.74. The number of methoxy groups -OCH3 is 1. The van der Waals surface area contributed by atoms with Gasteiger partial charge in [0.25, 0.3) is 0 Å². The molecule has 18 heavy (non-hydrogen) atoms. The molecule has 1 N–H and O–H groups in total. The van der Waals surface area contributed by atoms with Gasteiger partial charge >= 0.3 is 0 Å². The Morgan fingerprint density at radius 2 is 2.17 bits per heavy atom. The van der Waals surface area contributed by atoms with Crippen molar-refractivity contribution in [2.24, 2.45) is 5.92 Å². The number of Topliss-reactive ketones (excluding diaryl/α,β-unsaturated/α-hetero) is 1. The summed E-state index contributed by atoms with van der Waals surface area (Å²) in [6.45, 7) is 0.899. The van der Waals surface area contributed by atoms with Gasteiger partial charge in [0.15, 0.2) is 5.78 Å². The molecule has 0 aromatic heterocycles. The number of amides is 1. The van der Waals surface area contributed by atoms with Gasteiger partial charge in [-0.15, -0.1) is 0 Å². The molecule has 96 valence electrons. The van der Waals surface area contributed by atoms with Crippen LogP contribution in [0.2, 0.25) is 0 Å². The number of nitrogens with one attached hydrogen (secondary N) is 1. The van der Waals surface area contributed by atoms with E-state index in [2.05, 4.69) is 5.32 Å².